The molecule has 10 heteroatoms. The third-order valence-corrected chi connectivity index (χ3v) is 5.29. The van der Waals surface area contributed by atoms with E-state index in [0.717, 1.165) is 32.2 Å². The van der Waals surface area contributed by atoms with Crippen LogP contribution in [0, 0.1) is 12.8 Å². The molecule has 1 atom stereocenters. The number of hydrogen-bond donors (Lipinski definition) is 1. The van der Waals surface area contributed by atoms with Crippen molar-refractivity contribution in [3.8, 4) is 11.5 Å². The summed E-state index contributed by atoms with van der Waals surface area (Å²) in [6.45, 7) is 3.31. The predicted octanol–water partition coefficient (Wildman–Crippen LogP) is 0.509. The number of piperidine rings is 1. The highest BCUT2D eigenvalue weighted by Gasteiger charge is 2.39. The summed E-state index contributed by atoms with van der Waals surface area (Å²) < 4.78 is 6.39. The number of aromatic nitrogens is 4. The van der Waals surface area contributed by atoms with E-state index in [0.29, 0.717) is 12.4 Å². The molecule has 4 rings (SSSR count). The van der Waals surface area contributed by atoms with Crippen LogP contribution in [0.2, 0.25) is 0 Å². The van der Waals surface area contributed by atoms with Gasteiger partial charge < -0.3 is 9.84 Å². The molecular formula is C19H24N6O4. The van der Waals surface area contributed by atoms with Gasteiger partial charge in [0.15, 0.2) is 5.82 Å². The van der Waals surface area contributed by atoms with Gasteiger partial charge in [-0.05, 0) is 39.2 Å². The summed E-state index contributed by atoms with van der Waals surface area (Å²) in [4.78, 5) is 48.0. The summed E-state index contributed by atoms with van der Waals surface area (Å²) in [6, 6.07) is -0.000485. The number of rotatable bonds is 6. The van der Waals surface area contributed by atoms with E-state index in [1.807, 2.05) is 0 Å². The summed E-state index contributed by atoms with van der Waals surface area (Å²) in [6.07, 6.45) is 6.23. The standard InChI is InChI=1S/C19H24N6O4/c1-12-22-17(29-23-12)15-10-21-11-24(19(15)28)8-6-16(26)25(14-4-5-14)18(27)13-3-2-7-20-9-13/h10-11,13-14,20H,2-9H2,1H3. The van der Waals surface area contributed by atoms with Gasteiger partial charge in [-0.25, -0.2) is 4.98 Å². The van der Waals surface area contributed by atoms with E-state index in [4.69, 9.17) is 4.52 Å². The fourth-order valence-corrected chi connectivity index (χ4v) is 3.60. The second-order valence-electron chi connectivity index (χ2n) is 7.58. The van der Waals surface area contributed by atoms with Crippen molar-refractivity contribution in [1.82, 2.24) is 29.9 Å². The highest BCUT2D eigenvalue weighted by atomic mass is 16.5. The molecule has 1 aliphatic carbocycles. The molecule has 1 N–H and O–H groups in total. The molecule has 2 fully saturated rings. The second kappa shape index (κ2) is 8.24. The lowest BCUT2D eigenvalue weighted by molar-refractivity contribution is -0.148. The van der Waals surface area contributed by atoms with Crippen LogP contribution in [0.25, 0.3) is 11.5 Å². The van der Waals surface area contributed by atoms with E-state index >= 15 is 0 Å². The van der Waals surface area contributed by atoms with Crippen molar-refractivity contribution in [2.75, 3.05) is 13.1 Å². The maximum Gasteiger partial charge on any atom is 0.266 e. The zero-order valence-corrected chi connectivity index (χ0v) is 16.3. The fourth-order valence-electron chi connectivity index (χ4n) is 3.60. The minimum absolute atomic E-state index is 0.000485. The minimum Gasteiger partial charge on any atom is -0.334 e. The molecule has 1 saturated heterocycles. The van der Waals surface area contributed by atoms with E-state index in [1.165, 1.54) is 22.0 Å². The van der Waals surface area contributed by atoms with Crippen LogP contribution in [-0.2, 0) is 16.1 Å². The van der Waals surface area contributed by atoms with Crippen molar-refractivity contribution < 1.29 is 14.1 Å². The Balaban J connectivity index is 1.46. The topological polar surface area (TPSA) is 123 Å². The van der Waals surface area contributed by atoms with E-state index in [2.05, 4.69) is 20.4 Å². The first-order chi connectivity index (χ1) is 14.0. The van der Waals surface area contributed by atoms with E-state index in [1.54, 1.807) is 6.92 Å². The summed E-state index contributed by atoms with van der Waals surface area (Å²) in [5, 5.41) is 6.91. The molecule has 2 aromatic heterocycles. The van der Waals surface area contributed by atoms with Crippen molar-refractivity contribution in [2.45, 2.75) is 51.6 Å². The van der Waals surface area contributed by atoms with Gasteiger partial charge in [-0.15, -0.1) is 0 Å². The summed E-state index contributed by atoms with van der Waals surface area (Å²) >= 11 is 0. The number of carbonyl (C=O) groups excluding carboxylic acids is 2. The number of aryl methyl sites for hydroxylation is 2. The molecule has 1 saturated carbocycles. The molecule has 154 valence electrons. The Labute approximate surface area is 167 Å². The first-order valence-electron chi connectivity index (χ1n) is 9.96. The molecule has 0 bridgehead atoms. The van der Waals surface area contributed by atoms with Gasteiger partial charge in [0.1, 0.15) is 5.56 Å². The van der Waals surface area contributed by atoms with Crippen LogP contribution < -0.4 is 10.9 Å². The van der Waals surface area contributed by atoms with Crippen LogP contribution in [0.4, 0.5) is 0 Å². The number of carbonyl (C=O) groups is 2. The van der Waals surface area contributed by atoms with Crippen LogP contribution in [0.5, 0.6) is 0 Å². The zero-order valence-electron chi connectivity index (χ0n) is 16.3. The molecule has 1 aliphatic heterocycles. The summed E-state index contributed by atoms with van der Waals surface area (Å²) in [5.41, 5.74) is -0.179. The van der Waals surface area contributed by atoms with E-state index in [-0.39, 0.29) is 53.8 Å². The average molecular weight is 400 g/mol. The van der Waals surface area contributed by atoms with Crippen LogP contribution in [0.1, 0.15) is 37.9 Å². The lowest BCUT2D eigenvalue weighted by Gasteiger charge is -2.28. The van der Waals surface area contributed by atoms with Crippen molar-refractivity contribution >= 4 is 11.8 Å². The monoisotopic (exact) mass is 400 g/mol. The van der Waals surface area contributed by atoms with Gasteiger partial charge >= 0.3 is 0 Å². The Hall–Kier alpha value is -2.88. The first kappa shape index (κ1) is 19.4. The van der Waals surface area contributed by atoms with Crippen molar-refractivity contribution in [3.05, 3.63) is 28.7 Å². The van der Waals surface area contributed by atoms with E-state index in [9.17, 15) is 14.4 Å². The molecule has 1 unspecified atom stereocenters. The number of nitrogens with one attached hydrogen (secondary N) is 1. The number of amides is 2. The van der Waals surface area contributed by atoms with Crippen LogP contribution in [0.15, 0.2) is 21.8 Å². The minimum atomic E-state index is -0.364. The van der Waals surface area contributed by atoms with Gasteiger partial charge in [-0.3, -0.25) is 23.9 Å². The lowest BCUT2D eigenvalue weighted by Crippen LogP contribution is -2.47. The quantitative estimate of drug-likeness (QED) is 0.744. The van der Waals surface area contributed by atoms with Gasteiger partial charge in [0, 0.05) is 31.7 Å². The average Bonchev–Trinajstić information content (AvgIpc) is 3.47. The Morgan fingerprint density at radius 2 is 2.17 bits per heavy atom. The van der Waals surface area contributed by atoms with Gasteiger partial charge in [-0.2, -0.15) is 4.98 Å². The molecular weight excluding hydrogens is 376 g/mol. The summed E-state index contributed by atoms with van der Waals surface area (Å²) in [7, 11) is 0. The van der Waals surface area contributed by atoms with Gasteiger partial charge in [-0.1, -0.05) is 5.16 Å². The predicted molar refractivity (Wildman–Crippen MR) is 102 cm³/mol. The molecule has 10 nitrogen and oxygen atoms in total. The third kappa shape index (κ3) is 4.26. The molecule has 29 heavy (non-hydrogen) atoms. The molecule has 0 spiro atoms. The summed E-state index contributed by atoms with van der Waals surface area (Å²) in [5.74, 6) is 0.0297. The lowest BCUT2D eigenvalue weighted by atomic mass is 9.98. The van der Waals surface area contributed by atoms with Gasteiger partial charge in [0.25, 0.3) is 11.4 Å². The highest BCUT2D eigenvalue weighted by molar-refractivity contribution is 5.97. The molecule has 2 amide bonds. The normalized spacial score (nSPS) is 19.1. The molecule has 2 aliphatic rings. The van der Waals surface area contributed by atoms with Crippen LogP contribution in [0.3, 0.4) is 0 Å². The fraction of sp³-hybridized carbons (Fsp3) is 0.579. The van der Waals surface area contributed by atoms with Crippen molar-refractivity contribution in [2.24, 2.45) is 5.92 Å². The molecule has 0 aromatic carbocycles. The Kier molecular flexibility index (Phi) is 5.52. The first-order valence-corrected chi connectivity index (χ1v) is 9.96. The van der Waals surface area contributed by atoms with Gasteiger partial charge in [0.2, 0.25) is 11.8 Å². The maximum absolute atomic E-state index is 12.9. The molecule has 3 heterocycles. The molecule has 0 radical (unpaired) electrons. The largest absolute Gasteiger partial charge is 0.334 e. The smallest absolute Gasteiger partial charge is 0.266 e. The van der Waals surface area contributed by atoms with Gasteiger partial charge in [0.05, 0.1) is 12.2 Å². The highest BCUT2D eigenvalue weighted by Crippen LogP contribution is 2.30. The zero-order chi connectivity index (χ0) is 20.4. The number of hydrogen-bond acceptors (Lipinski definition) is 8. The Bertz CT molecular complexity index is 958. The molecule has 2 aromatic rings. The Morgan fingerprint density at radius 1 is 1.34 bits per heavy atom. The second-order valence-corrected chi connectivity index (χ2v) is 7.58. The number of nitrogens with zero attached hydrogens (tertiary/aromatic N) is 5. The van der Waals surface area contributed by atoms with Crippen LogP contribution in [-0.4, -0.2) is 55.5 Å². The SMILES string of the molecule is Cc1noc(-c2cncn(CCC(=O)N(C(=O)C3CCCNC3)C3CC3)c2=O)n1. The van der Waals surface area contributed by atoms with Crippen molar-refractivity contribution in [1.29, 1.82) is 0 Å². The maximum atomic E-state index is 12.9. The third-order valence-electron chi connectivity index (χ3n) is 5.29. The van der Waals surface area contributed by atoms with E-state index < -0.39 is 0 Å². The van der Waals surface area contributed by atoms with Crippen molar-refractivity contribution in [3.63, 3.8) is 0 Å². The Morgan fingerprint density at radius 3 is 2.83 bits per heavy atom. The number of imide groups is 1. The van der Waals surface area contributed by atoms with Crippen LogP contribution >= 0.6 is 0 Å².